The molecule has 2 N–H and O–H groups in total. The third kappa shape index (κ3) is 5.67. The van der Waals surface area contributed by atoms with Gasteiger partial charge in [-0.05, 0) is 23.8 Å². The molecule has 1 fully saturated rings. The molecule has 1 amide bonds. The van der Waals surface area contributed by atoms with E-state index in [1.807, 2.05) is 48.5 Å². The van der Waals surface area contributed by atoms with Crippen LogP contribution in [0.3, 0.4) is 0 Å². The van der Waals surface area contributed by atoms with Crippen LogP contribution in [0.1, 0.15) is 17.5 Å². The smallest absolute Gasteiger partial charge is 0.305 e. The highest BCUT2D eigenvalue weighted by atomic mass is 79.9. The number of carbonyl (C=O) groups is 2. The topological polar surface area (TPSA) is 100 Å². The number of carbonyl (C=O) groups excluding carboxylic acids is 1. The summed E-state index contributed by atoms with van der Waals surface area (Å²) >= 11 is 4.55. The van der Waals surface area contributed by atoms with Crippen LogP contribution in [-0.2, 0) is 16.2 Å². The van der Waals surface area contributed by atoms with Gasteiger partial charge in [-0.15, -0.1) is 5.10 Å². The molecule has 2 aromatic rings. The number of thioether (sulfide) groups is 1. The van der Waals surface area contributed by atoms with Gasteiger partial charge in [-0.25, -0.2) is 0 Å². The molecule has 0 aromatic heterocycles. The molecule has 7 nitrogen and oxygen atoms in total. The van der Waals surface area contributed by atoms with Crippen molar-refractivity contribution in [3.05, 3.63) is 64.1 Å². The lowest BCUT2D eigenvalue weighted by Crippen LogP contribution is -2.26. The molecule has 1 aliphatic heterocycles. The van der Waals surface area contributed by atoms with Crippen molar-refractivity contribution in [3.63, 3.8) is 0 Å². The normalized spacial score (nSPS) is 17.8. The monoisotopic (exact) mass is 461 g/mol. The Morgan fingerprint density at radius 3 is 2.89 bits per heavy atom. The zero-order valence-electron chi connectivity index (χ0n) is 14.5. The third-order valence-corrected chi connectivity index (χ3v) is 5.55. The second kappa shape index (κ2) is 9.52. The summed E-state index contributed by atoms with van der Waals surface area (Å²) in [5, 5.41) is 18.8. The van der Waals surface area contributed by atoms with Gasteiger partial charge in [0.25, 0.3) is 0 Å². The molecule has 3 rings (SSSR count). The molecule has 0 spiro atoms. The number of amides is 1. The number of benzene rings is 2. The van der Waals surface area contributed by atoms with E-state index in [2.05, 4.69) is 31.4 Å². The minimum Gasteiger partial charge on any atom is -0.489 e. The Hall–Kier alpha value is -2.65. The van der Waals surface area contributed by atoms with Crippen LogP contribution in [0.25, 0.3) is 0 Å². The fourth-order valence-corrected chi connectivity index (χ4v) is 3.67. The number of carboxylic acid groups (broad SMARTS) is 1. The van der Waals surface area contributed by atoms with Gasteiger partial charge in [-0.1, -0.05) is 58.0 Å². The summed E-state index contributed by atoms with van der Waals surface area (Å²) in [6.07, 6.45) is 1.28. The molecule has 1 aliphatic rings. The summed E-state index contributed by atoms with van der Waals surface area (Å²) in [7, 11) is 0. The minimum absolute atomic E-state index is 0.254. The number of amidine groups is 1. The van der Waals surface area contributed by atoms with E-state index in [-0.39, 0.29) is 17.5 Å². The van der Waals surface area contributed by atoms with Crippen molar-refractivity contribution in [2.45, 2.75) is 18.3 Å². The molecule has 1 heterocycles. The van der Waals surface area contributed by atoms with Crippen LogP contribution < -0.4 is 10.1 Å². The van der Waals surface area contributed by atoms with Crippen molar-refractivity contribution >= 4 is 51.0 Å². The van der Waals surface area contributed by atoms with E-state index < -0.39 is 11.2 Å². The number of hydrogen-bond donors (Lipinski definition) is 2. The Balaban J connectivity index is 1.59. The van der Waals surface area contributed by atoms with Gasteiger partial charge in [0.15, 0.2) is 5.17 Å². The van der Waals surface area contributed by atoms with E-state index in [1.165, 1.54) is 6.21 Å². The molecule has 0 saturated carbocycles. The van der Waals surface area contributed by atoms with Gasteiger partial charge >= 0.3 is 5.97 Å². The second-order valence-corrected chi connectivity index (χ2v) is 7.84. The van der Waals surface area contributed by atoms with Crippen molar-refractivity contribution in [2.75, 3.05) is 0 Å². The van der Waals surface area contributed by atoms with E-state index in [1.54, 1.807) is 0 Å². The van der Waals surface area contributed by atoms with E-state index in [0.29, 0.717) is 12.4 Å². The number of carboxylic acids is 1. The van der Waals surface area contributed by atoms with Crippen LogP contribution in [0.2, 0.25) is 0 Å². The van der Waals surface area contributed by atoms with Gasteiger partial charge in [-0.2, -0.15) is 5.10 Å². The first-order chi connectivity index (χ1) is 13.5. The Bertz CT molecular complexity index is 948. The lowest BCUT2D eigenvalue weighted by atomic mass is 10.2. The maximum absolute atomic E-state index is 11.7. The fourth-order valence-electron chi connectivity index (χ4n) is 2.35. The summed E-state index contributed by atoms with van der Waals surface area (Å²) in [5.41, 5.74) is 1.82. The minimum atomic E-state index is -1.03. The summed E-state index contributed by atoms with van der Waals surface area (Å²) in [6.45, 7) is 0.429. The quantitative estimate of drug-likeness (QED) is 0.485. The van der Waals surface area contributed by atoms with Gasteiger partial charge in [0.05, 0.1) is 12.6 Å². The van der Waals surface area contributed by atoms with Crippen LogP contribution >= 0.6 is 27.7 Å². The van der Waals surface area contributed by atoms with E-state index in [4.69, 9.17) is 9.84 Å². The summed E-state index contributed by atoms with van der Waals surface area (Å²) in [5.74, 6) is -0.710. The standard InChI is InChI=1S/C19H16BrN3O4S/c20-15-7-2-1-5-13(15)11-27-14-6-3-4-12(8-14)10-21-23-19-22-18(26)16(28-19)9-17(24)25/h1-8,10,16H,9,11H2,(H,24,25)(H,22,23,26). The summed E-state index contributed by atoms with van der Waals surface area (Å²) < 4.78 is 6.80. The third-order valence-electron chi connectivity index (χ3n) is 3.70. The predicted octanol–water partition coefficient (Wildman–Crippen LogP) is 3.42. The van der Waals surface area contributed by atoms with Gasteiger partial charge in [0.2, 0.25) is 5.91 Å². The van der Waals surface area contributed by atoms with Gasteiger partial charge in [0, 0.05) is 10.0 Å². The number of aliphatic carboxylic acids is 1. The molecule has 144 valence electrons. The van der Waals surface area contributed by atoms with E-state index >= 15 is 0 Å². The first-order valence-corrected chi connectivity index (χ1v) is 9.95. The number of nitrogens with zero attached hydrogens (tertiary/aromatic N) is 2. The Morgan fingerprint density at radius 2 is 2.11 bits per heavy atom. The lowest BCUT2D eigenvalue weighted by Gasteiger charge is -2.08. The Morgan fingerprint density at radius 1 is 1.29 bits per heavy atom. The van der Waals surface area contributed by atoms with Crippen LogP contribution in [0, 0.1) is 0 Å². The summed E-state index contributed by atoms with van der Waals surface area (Å²) in [4.78, 5) is 22.4. The Labute approximate surface area is 174 Å². The molecule has 0 radical (unpaired) electrons. The van der Waals surface area contributed by atoms with E-state index in [0.717, 1.165) is 27.4 Å². The van der Waals surface area contributed by atoms with Crippen molar-refractivity contribution in [1.82, 2.24) is 5.32 Å². The zero-order chi connectivity index (χ0) is 19.9. The Kier molecular flexibility index (Phi) is 6.83. The molecule has 1 saturated heterocycles. The average Bonchev–Trinajstić information content (AvgIpc) is 3.00. The molecule has 1 atom stereocenters. The molecule has 28 heavy (non-hydrogen) atoms. The summed E-state index contributed by atoms with van der Waals surface area (Å²) in [6, 6.07) is 15.2. The first-order valence-electron chi connectivity index (χ1n) is 8.28. The maximum Gasteiger partial charge on any atom is 0.305 e. The largest absolute Gasteiger partial charge is 0.489 e. The maximum atomic E-state index is 11.7. The fraction of sp³-hybridized carbons (Fsp3) is 0.158. The average molecular weight is 462 g/mol. The highest BCUT2D eigenvalue weighted by Gasteiger charge is 2.32. The molecular weight excluding hydrogens is 446 g/mol. The van der Waals surface area contributed by atoms with Gasteiger partial charge < -0.3 is 15.2 Å². The van der Waals surface area contributed by atoms with Gasteiger partial charge in [0.1, 0.15) is 17.6 Å². The molecular formula is C19H16BrN3O4S. The van der Waals surface area contributed by atoms with Crippen molar-refractivity contribution in [2.24, 2.45) is 10.2 Å². The second-order valence-electron chi connectivity index (χ2n) is 5.80. The zero-order valence-corrected chi connectivity index (χ0v) is 16.9. The number of nitrogens with one attached hydrogen (secondary N) is 1. The first kappa shape index (κ1) is 20.1. The molecule has 9 heteroatoms. The van der Waals surface area contributed by atoms with Crippen LogP contribution in [0.5, 0.6) is 5.75 Å². The predicted molar refractivity (Wildman–Crippen MR) is 112 cm³/mol. The molecule has 0 bridgehead atoms. The van der Waals surface area contributed by atoms with Crippen LogP contribution in [0.15, 0.2) is 63.2 Å². The van der Waals surface area contributed by atoms with Crippen LogP contribution in [-0.4, -0.2) is 33.6 Å². The molecule has 0 aliphatic carbocycles. The number of hydrogen-bond acceptors (Lipinski definition) is 6. The van der Waals surface area contributed by atoms with Crippen LogP contribution in [0.4, 0.5) is 0 Å². The molecule has 1 unspecified atom stereocenters. The highest BCUT2D eigenvalue weighted by molar-refractivity contribution is 9.10. The number of rotatable bonds is 7. The van der Waals surface area contributed by atoms with Gasteiger partial charge in [-0.3, -0.25) is 9.59 Å². The van der Waals surface area contributed by atoms with Crippen molar-refractivity contribution in [3.8, 4) is 5.75 Å². The van der Waals surface area contributed by atoms with Crippen molar-refractivity contribution < 1.29 is 19.4 Å². The number of halogens is 1. The highest BCUT2D eigenvalue weighted by Crippen LogP contribution is 2.22. The lowest BCUT2D eigenvalue weighted by molar-refractivity contribution is -0.138. The van der Waals surface area contributed by atoms with Crippen molar-refractivity contribution in [1.29, 1.82) is 0 Å². The SMILES string of the molecule is O=C(O)CC1SC(=NN=Cc2cccc(OCc3ccccc3Br)c2)NC1=O. The number of ether oxygens (including phenoxy) is 1. The van der Waals surface area contributed by atoms with E-state index in [9.17, 15) is 9.59 Å². The molecule has 2 aromatic carbocycles.